The number of nitrogens with zero attached hydrogens (tertiary/aromatic N) is 2. The second-order valence-electron chi connectivity index (χ2n) is 4.20. The zero-order chi connectivity index (χ0) is 12.5. The Balaban J connectivity index is 2.32. The molecule has 0 fully saturated rings. The van der Waals surface area contributed by atoms with Gasteiger partial charge in [-0.1, -0.05) is 24.3 Å². The van der Waals surface area contributed by atoms with Crippen LogP contribution in [0.3, 0.4) is 0 Å². The highest BCUT2D eigenvalue weighted by molar-refractivity contribution is 5.91. The molecule has 0 atom stereocenters. The number of hydrogen-bond donors (Lipinski definition) is 1. The molecule has 0 amide bonds. The first-order valence-electron chi connectivity index (χ1n) is 5.81. The van der Waals surface area contributed by atoms with E-state index in [1.807, 2.05) is 24.3 Å². The molecule has 3 rings (SSSR count). The third-order valence-electron chi connectivity index (χ3n) is 3.10. The van der Waals surface area contributed by atoms with Gasteiger partial charge < -0.3 is 10.6 Å². The van der Waals surface area contributed by atoms with Crippen LogP contribution in [-0.4, -0.2) is 23.1 Å². The number of benzene rings is 1. The summed E-state index contributed by atoms with van der Waals surface area (Å²) in [5, 5.41) is 5.62. The van der Waals surface area contributed by atoms with E-state index in [0.717, 1.165) is 27.9 Å². The molecule has 5 heteroatoms. The summed E-state index contributed by atoms with van der Waals surface area (Å²) in [4.78, 5) is 12.8. The second kappa shape index (κ2) is 4.27. The van der Waals surface area contributed by atoms with Crippen molar-refractivity contribution in [3.05, 3.63) is 46.4 Å². The van der Waals surface area contributed by atoms with Gasteiger partial charge in [0.05, 0.1) is 24.3 Å². The Labute approximate surface area is 103 Å². The lowest BCUT2D eigenvalue weighted by atomic mass is 10.0. The first kappa shape index (κ1) is 11.0. The summed E-state index contributed by atoms with van der Waals surface area (Å²) >= 11 is 0. The van der Waals surface area contributed by atoms with Crippen LogP contribution in [0.15, 0.2) is 35.1 Å². The number of fused-ring (bicyclic) bond motifs is 1. The predicted octanol–water partition coefficient (Wildman–Crippen LogP) is 0.914. The van der Waals surface area contributed by atoms with Crippen molar-refractivity contribution in [2.24, 2.45) is 0 Å². The van der Waals surface area contributed by atoms with Crippen molar-refractivity contribution in [2.75, 3.05) is 19.1 Å². The van der Waals surface area contributed by atoms with Gasteiger partial charge in [-0.3, -0.25) is 4.79 Å². The van der Waals surface area contributed by atoms with Crippen molar-refractivity contribution in [3.63, 3.8) is 0 Å². The van der Waals surface area contributed by atoms with Gasteiger partial charge >= 0.3 is 0 Å². The molecule has 0 aliphatic carbocycles. The summed E-state index contributed by atoms with van der Waals surface area (Å²) in [5.41, 5.74) is 1.58. The maximum atomic E-state index is 11.9. The smallest absolute Gasteiger partial charge is 0.293 e. The van der Waals surface area contributed by atoms with Gasteiger partial charge in [-0.2, -0.15) is 0 Å². The molecule has 0 saturated heterocycles. The van der Waals surface area contributed by atoms with E-state index in [4.69, 9.17) is 10.6 Å². The van der Waals surface area contributed by atoms with E-state index in [1.165, 1.54) is 0 Å². The highest BCUT2D eigenvalue weighted by Gasteiger charge is 2.14. The minimum absolute atomic E-state index is 0.276. The molecule has 2 heterocycles. The standard InChI is InChI=1S/C13H13N3O2/c14-16-13(17)11-4-2-1-3-10(11)12(15-16)9-5-7-18-8-6-9/h1-5H,6-8,14H2. The Morgan fingerprint density at radius 2 is 2.06 bits per heavy atom. The molecule has 2 aromatic rings. The van der Waals surface area contributed by atoms with Gasteiger partial charge in [-0.05, 0) is 18.1 Å². The fourth-order valence-electron chi connectivity index (χ4n) is 2.19. The van der Waals surface area contributed by atoms with Crippen molar-refractivity contribution in [1.82, 2.24) is 9.89 Å². The minimum atomic E-state index is -0.276. The normalized spacial score (nSPS) is 15.7. The average molecular weight is 243 g/mol. The molecule has 1 aliphatic rings. The van der Waals surface area contributed by atoms with Gasteiger partial charge in [0.25, 0.3) is 5.56 Å². The van der Waals surface area contributed by atoms with Crippen molar-refractivity contribution in [3.8, 4) is 0 Å². The van der Waals surface area contributed by atoms with Crippen LogP contribution in [0.25, 0.3) is 16.3 Å². The lowest BCUT2D eigenvalue weighted by Crippen LogP contribution is -2.31. The van der Waals surface area contributed by atoms with Crippen molar-refractivity contribution in [2.45, 2.75) is 6.42 Å². The maximum absolute atomic E-state index is 11.9. The molecule has 0 bridgehead atoms. The van der Waals surface area contributed by atoms with Crippen molar-refractivity contribution in [1.29, 1.82) is 0 Å². The zero-order valence-electron chi connectivity index (χ0n) is 9.80. The maximum Gasteiger partial charge on any atom is 0.293 e. The fourth-order valence-corrected chi connectivity index (χ4v) is 2.19. The number of nitrogens with two attached hydrogens (primary N) is 1. The summed E-state index contributed by atoms with van der Waals surface area (Å²) in [6.45, 7) is 1.25. The average Bonchev–Trinajstić information content (AvgIpc) is 2.44. The van der Waals surface area contributed by atoms with Crippen LogP contribution in [0.2, 0.25) is 0 Å². The number of nitrogen functional groups attached to an aromatic ring is 1. The monoisotopic (exact) mass is 243 g/mol. The summed E-state index contributed by atoms with van der Waals surface area (Å²) in [7, 11) is 0. The molecule has 2 N–H and O–H groups in total. The lowest BCUT2D eigenvalue weighted by molar-refractivity contribution is 0.161. The Hall–Kier alpha value is -2.14. The number of rotatable bonds is 1. The molecule has 92 valence electrons. The van der Waals surface area contributed by atoms with Gasteiger partial charge in [0, 0.05) is 5.39 Å². The van der Waals surface area contributed by atoms with Gasteiger partial charge in [0.2, 0.25) is 0 Å². The summed E-state index contributed by atoms with van der Waals surface area (Å²) in [6.07, 6.45) is 2.78. The van der Waals surface area contributed by atoms with Crippen LogP contribution >= 0.6 is 0 Å². The number of ether oxygens (including phenoxy) is 1. The van der Waals surface area contributed by atoms with E-state index in [0.29, 0.717) is 18.6 Å². The fraction of sp³-hybridized carbons (Fsp3) is 0.231. The Kier molecular flexibility index (Phi) is 2.60. The molecule has 18 heavy (non-hydrogen) atoms. The highest BCUT2D eigenvalue weighted by Crippen LogP contribution is 2.24. The van der Waals surface area contributed by atoms with Crippen LogP contribution in [-0.2, 0) is 4.74 Å². The van der Waals surface area contributed by atoms with E-state index in [2.05, 4.69) is 5.10 Å². The van der Waals surface area contributed by atoms with Gasteiger partial charge in [-0.15, -0.1) is 9.89 Å². The molecular formula is C13H13N3O2. The molecule has 0 spiro atoms. The van der Waals surface area contributed by atoms with Crippen LogP contribution in [0.4, 0.5) is 0 Å². The third kappa shape index (κ3) is 1.69. The van der Waals surface area contributed by atoms with E-state index < -0.39 is 0 Å². The molecule has 0 radical (unpaired) electrons. The molecule has 1 aromatic heterocycles. The zero-order valence-corrected chi connectivity index (χ0v) is 9.80. The SMILES string of the molecule is Nn1nc(C2=CCOCC2)c2ccccc2c1=O. The summed E-state index contributed by atoms with van der Waals surface area (Å²) in [5.74, 6) is 5.63. The van der Waals surface area contributed by atoms with E-state index in [-0.39, 0.29) is 5.56 Å². The van der Waals surface area contributed by atoms with Gasteiger partial charge in [0.15, 0.2) is 0 Å². The van der Waals surface area contributed by atoms with E-state index in [1.54, 1.807) is 6.07 Å². The van der Waals surface area contributed by atoms with Crippen molar-refractivity contribution >= 4 is 16.3 Å². The molecule has 5 nitrogen and oxygen atoms in total. The molecular weight excluding hydrogens is 230 g/mol. The molecule has 0 unspecified atom stereocenters. The van der Waals surface area contributed by atoms with E-state index in [9.17, 15) is 4.79 Å². The van der Waals surface area contributed by atoms with E-state index >= 15 is 0 Å². The topological polar surface area (TPSA) is 70.1 Å². The number of aromatic nitrogens is 2. The van der Waals surface area contributed by atoms with Crippen LogP contribution in [0.5, 0.6) is 0 Å². The van der Waals surface area contributed by atoms with Crippen LogP contribution in [0, 0.1) is 0 Å². The summed E-state index contributed by atoms with van der Waals surface area (Å²) < 4.78 is 5.28. The van der Waals surface area contributed by atoms with Gasteiger partial charge in [-0.25, -0.2) is 0 Å². The second-order valence-corrected chi connectivity index (χ2v) is 4.20. The summed E-state index contributed by atoms with van der Waals surface area (Å²) in [6, 6.07) is 7.39. The Bertz CT molecular complexity index is 688. The molecule has 1 aliphatic heterocycles. The Morgan fingerprint density at radius 3 is 2.78 bits per heavy atom. The first-order valence-corrected chi connectivity index (χ1v) is 5.81. The van der Waals surface area contributed by atoms with Crippen molar-refractivity contribution < 1.29 is 4.74 Å². The van der Waals surface area contributed by atoms with Gasteiger partial charge in [0.1, 0.15) is 0 Å². The highest BCUT2D eigenvalue weighted by atomic mass is 16.5. The third-order valence-corrected chi connectivity index (χ3v) is 3.10. The first-order chi connectivity index (χ1) is 8.77. The Morgan fingerprint density at radius 1 is 1.28 bits per heavy atom. The quantitative estimate of drug-likeness (QED) is 0.756. The molecule has 1 aromatic carbocycles. The molecule has 0 saturated carbocycles. The van der Waals surface area contributed by atoms with Crippen LogP contribution < -0.4 is 11.4 Å². The largest absolute Gasteiger partial charge is 0.377 e. The minimum Gasteiger partial charge on any atom is -0.377 e. The number of hydrogen-bond acceptors (Lipinski definition) is 4. The lowest BCUT2D eigenvalue weighted by Gasteiger charge is -2.15. The predicted molar refractivity (Wildman–Crippen MR) is 69.6 cm³/mol. The van der Waals surface area contributed by atoms with Crippen LogP contribution in [0.1, 0.15) is 12.1 Å².